The molecule has 1 amide bonds. The average molecular weight is 262 g/mol. The first-order valence-electron chi connectivity index (χ1n) is 6.61. The van der Waals surface area contributed by atoms with Gasteiger partial charge in [0.15, 0.2) is 0 Å². The Labute approximate surface area is 114 Å². The van der Waals surface area contributed by atoms with Crippen LogP contribution in [0.3, 0.4) is 0 Å². The Balaban J connectivity index is 2.49. The zero-order chi connectivity index (χ0) is 14.2. The summed E-state index contributed by atoms with van der Waals surface area (Å²) in [5, 5.41) is 12.4. The maximum absolute atomic E-state index is 12.0. The van der Waals surface area contributed by atoms with Crippen LogP contribution in [0.2, 0.25) is 0 Å². The molecule has 0 radical (unpaired) electrons. The summed E-state index contributed by atoms with van der Waals surface area (Å²) >= 11 is 0. The molecule has 0 spiro atoms. The van der Waals surface area contributed by atoms with E-state index in [0.29, 0.717) is 6.54 Å². The lowest BCUT2D eigenvalue weighted by Gasteiger charge is -2.48. The molecule has 19 heavy (non-hydrogen) atoms. The second-order valence-electron chi connectivity index (χ2n) is 5.94. The summed E-state index contributed by atoms with van der Waals surface area (Å²) in [6.07, 6.45) is 0. The summed E-state index contributed by atoms with van der Waals surface area (Å²) in [4.78, 5) is 14.0. The third kappa shape index (κ3) is 2.59. The minimum Gasteiger partial charge on any atom is -0.394 e. The minimum atomic E-state index is -0.523. The first kappa shape index (κ1) is 13.9. The topological polar surface area (TPSA) is 52.6 Å². The van der Waals surface area contributed by atoms with E-state index in [1.165, 1.54) is 0 Å². The quantitative estimate of drug-likeness (QED) is 0.846. The van der Waals surface area contributed by atoms with Crippen molar-refractivity contribution in [2.24, 2.45) is 0 Å². The zero-order valence-corrected chi connectivity index (χ0v) is 12.0. The molecule has 0 saturated carbocycles. The number of piperazine rings is 1. The van der Waals surface area contributed by atoms with Gasteiger partial charge >= 0.3 is 0 Å². The number of aliphatic hydroxyl groups is 1. The number of aryl methyl sites for hydroxylation is 2. The molecule has 1 atom stereocenters. The Bertz CT molecular complexity index is 477. The van der Waals surface area contributed by atoms with E-state index in [-0.39, 0.29) is 18.1 Å². The van der Waals surface area contributed by atoms with E-state index in [1.54, 1.807) is 0 Å². The van der Waals surface area contributed by atoms with Crippen molar-refractivity contribution in [2.45, 2.75) is 39.3 Å². The summed E-state index contributed by atoms with van der Waals surface area (Å²) < 4.78 is 0. The molecule has 2 N–H and O–H groups in total. The number of nitrogens with one attached hydrogen (secondary N) is 1. The third-order valence-corrected chi connectivity index (χ3v) is 3.62. The lowest BCUT2D eigenvalue weighted by molar-refractivity contribution is -0.125. The molecule has 1 unspecified atom stereocenters. The molecule has 1 aliphatic heterocycles. The van der Waals surface area contributed by atoms with Crippen molar-refractivity contribution in [1.82, 2.24) is 5.32 Å². The number of aliphatic hydroxyl groups excluding tert-OH is 1. The van der Waals surface area contributed by atoms with Gasteiger partial charge in [-0.3, -0.25) is 4.79 Å². The van der Waals surface area contributed by atoms with Crippen LogP contribution in [0.4, 0.5) is 5.69 Å². The van der Waals surface area contributed by atoms with E-state index in [0.717, 1.165) is 16.8 Å². The largest absolute Gasteiger partial charge is 0.394 e. The van der Waals surface area contributed by atoms with E-state index in [9.17, 15) is 9.90 Å². The SMILES string of the molecule is Cc1cc(C)cc(N2C(CO)C(=O)NCC2(C)C)c1. The highest BCUT2D eigenvalue weighted by molar-refractivity contribution is 5.87. The number of amides is 1. The van der Waals surface area contributed by atoms with Gasteiger partial charge < -0.3 is 15.3 Å². The minimum absolute atomic E-state index is 0.110. The fourth-order valence-electron chi connectivity index (χ4n) is 2.83. The standard InChI is InChI=1S/C15H22N2O2/c1-10-5-11(2)7-12(6-10)17-13(8-18)14(19)16-9-15(17,3)4/h5-7,13,18H,8-9H2,1-4H3,(H,16,19). The van der Waals surface area contributed by atoms with Gasteiger partial charge in [-0.2, -0.15) is 0 Å². The smallest absolute Gasteiger partial charge is 0.245 e. The van der Waals surface area contributed by atoms with Crippen LogP contribution in [-0.4, -0.2) is 35.7 Å². The van der Waals surface area contributed by atoms with E-state index in [1.807, 2.05) is 18.7 Å². The Kier molecular flexibility index (Phi) is 3.54. The van der Waals surface area contributed by atoms with Gasteiger partial charge in [0.25, 0.3) is 0 Å². The van der Waals surface area contributed by atoms with E-state index in [2.05, 4.69) is 37.4 Å². The van der Waals surface area contributed by atoms with Crippen LogP contribution in [0, 0.1) is 13.8 Å². The number of carbonyl (C=O) groups is 1. The molecule has 0 aliphatic carbocycles. The van der Waals surface area contributed by atoms with Crippen LogP contribution >= 0.6 is 0 Å². The Morgan fingerprint density at radius 1 is 1.32 bits per heavy atom. The number of nitrogens with zero attached hydrogens (tertiary/aromatic N) is 1. The van der Waals surface area contributed by atoms with Gasteiger partial charge in [0.2, 0.25) is 5.91 Å². The summed E-state index contributed by atoms with van der Waals surface area (Å²) in [5.74, 6) is -0.110. The fourth-order valence-corrected chi connectivity index (χ4v) is 2.83. The van der Waals surface area contributed by atoms with Crippen molar-refractivity contribution >= 4 is 11.6 Å². The molecule has 1 heterocycles. The molecular weight excluding hydrogens is 240 g/mol. The van der Waals surface area contributed by atoms with Crippen molar-refractivity contribution in [3.63, 3.8) is 0 Å². The second kappa shape index (κ2) is 4.85. The van der Waals surface area contributed by atoms with Crippen LogP contribution in [0.25, 0.3) is 0 Å². The van der Waals surface area contributed by atoms with Crippen LogP contribution < -0.4 is 10.2 Å². The van der Waals surface area contributed by atoms with Crippen LogP contribution in [0.5, 0.6) is 0 Å². The summed E-state index contributed by atoms with van der Waals surface area (Å²) in [6, 6.07) is 5.71. The van der Waals surface area contributed by atoms with Gasteiger partial charge in [-0.15, -0.1) is 0 Å². The maximum Gasteiger partial charge on any atom is 0.245 e. The summed E-state index contributed by atoms with van der Waals surface area (Å²) in [5.41, 5.74) is 3.10. The predicted molar refractivity (Wildman–Crippen MR) is 76.4 cm³/mol. The molecule has 4 nitrogen and oxygen atoms in total. The molecule has 2 rings (SSSR count). The highest BCUT2D eigenvalue weighted by Crippen LogP contribution is 2.30. The summed E-state index contributed by atoms with van der Waals surface area (Å²) in [7, 11) is 0. The number of anilines is 1. The zero-order valence-electron chi connectivity index (χ0n) is 12.0. The van der Waals surface area contributed by atoms with Gasteiger partial charge in [-0.05, 0) is 51.0 Å². The average Bonchev–Trinajstić information content (AvgIpc) is 2.30. The molecule has 4 heteroatoms. The fraction of sp³-hybridized carbons (Fsp3) is 0.533. The molecule has 0 bridgehead atoms. The molecule has 1 saturated heterocycles. The van der Waals surface area contributed by atoms with E-state index < -0.39 is 6.04 Å². The molecule has 104 valence electrons. The third-order valence-electron chi connectivity index (χ3n) is 3.62. The van der Waals surface area contributed by atoms with Gasteiger partial charge in [0.05, 0.1) is 12.1 Å². The first-order chi connectivity index (χ1) is 8.85. The molecule has 1 fully saturated rings. The lowest BCUT2D eigenvalue weighted by atomic mass is 9.94. The number of benzene rings is 1. The number of hydrogen-bond acceptors (Lipinski definition) is 3. The van der Waals surface area contributed by atoms with E-state index in [4.69, 9.17) is 0 Å². The Morgan fingerprint density at radius 2 is 1.89 bits per heavy atom. The summed E-state index contributed by atoms with van der Waals surface area (Å²) in [6.45, 7) is 8.64. The van der Waals surface area contributed by atoms with Crippen LogP contribution in [0.1, 0.15) is 25.0 Å². The Morgan fingerprint density at radius 3 is 2.42 bits per heavy atom. The van der Waals surface area contributed by atoms with Gasteiger partial charge in [0.1, 0.15) is 6.04 Å². The van der Waals surface area contributed by atoms with Crippen molar-refractivity contribution in [2.75, 3.05) is 18.1 Å². The van der Waals surface area contributed by atoms with Gasteiger partial charge in [-0.25, -0.2) is 0 Å². The Hall–Kier alpha value is -1.55. The van der Waals surface area contributed by atoms with Crippen molar-refractivity contribution in [3.8, 4) is 0 Å². The molecule has 1 aromatic rings. The van der Waals surface area contributed by atoms with Crippen molar-refractivity contribution in [1.29, 1.82) is 0 Å². The van der Waals surface area contributed by atoms with Gasteiger partial charge in [0, 0.05) is 12.2 Å². The first-order valence-corrected chi connectivity index (χ1v) is 6.61. The molecule has 1 aromatic carbocycles. The molecule has 0 aromatic heterocycles. The normalized spacial score (nSPS) is 22.3. The lowest BCUT2D eigenvalue weighted by Crippen LogP contribution is -2.67. The van der Waals surface area contributed by atoms with Crippen LogP contribution in [-0.2, 0) is 4.79 Å². The van der Waals surface area contributed by atoms with Crippen LogP contribution in [0.15, 0.2) is 18.2 Å². The number of carbonyl (C=O) groups excluding carboxylic acids is 1. The molecule has 1 aliphatic rings. The highest BCUT2D eigenvalue weighted by atomic mass is 16.3. The second-order valence-corrected chi connectivity index (χ2v) is 5.94. The predicted octanol–water partition coefficient (Wildman–Crippen LogP) is 1.38. The van der Waals surface area contributed by atoms with E-state index >= 15 is 0 Å². The highest BCUT2D eigenvalue weighted by Gasteiger charge is 2.40. The maximum atomic E-state index is 12.0. The molecular formula is C15H22N2O2. The van der Waals surface area contributed by atoms with Gasteiger partial charge in [-0.1, -0.05) is 6.07 Å². The number of hydrogen-bond donors (Lipinski definition) is 2. The van der Waals surface area contributed by atoms with Crippen molar-refractivity contribution in [3.05, 3.63) is 29.3 Å². The number of rotatable bonds is 2. The van der Waals surface area contributed by atoms with Crippen molar-refractivity contribution < 1.29 is 9.90 Å². The monoisotopic (exact) mass is 262 g/mol.